The molecule has 0 spiro atoms. The van der Waals surface area contributed by atoms with E-state index in [2.05, 4.69) is 5.43 Å². The molecule has 0 aromatic carbocycles. The standard InChI is InChI=1S/C7H13N2O2/c1-6(10)8-9-4-2-7(11)3-5-9/h7,11H,2-5H2,1H3. The molecular formula is C7H13N2O2. The second kappa shape index (κ2) is 3.69. The van der Waals surface area contributed by atoms with Crippen LogP contribution in [-0.2, 0) is 4.79 Å². The highest BCUT2D eigenvalue weighted by atomic mass is 16.3. The molecule has 4 nitrogen and oxygen atoms in total. The zero-order valence-corrected chi connectivity index (χ0v) is 6.66. The average molecular weight is 157 g/mol. The smallest absolute Gasteiger partial charge is 0.254 e. The SMILES string of the molecule is CC(=O)[N]N1CCC(O)CC1. The van der Waals surface area contributed by atoms with Crippen molar-refractivity contribution in [1.29, 1.82) is 0 Å². The van der Waals surface area contributed by atoms with E-state index < -0.39 is 0 Å². The maximum atomic E-state index is 10.5. The van der Waals surface area contributed by atoms with E-state index in [-0.39, 0.29) is 12.0 Å². The molecule has 0 saturated carbocycles. The number of aliphatic hydroxyl groups excluding tert-OH is 1. The number of aliphatic hydroxyl groups is 1. The number of hydrogen-bond donors (Lipinski definition) is 1. The van der Waals surface area contributed by atoms with E-state index in [0.717, 1.165) is 12.8 Å². The van der Waals surface area contributed by atoms with Crippen molar-refractivity contribution >= 4 is 5.91 Å². The molecule has 0 atom stereocenters. The van der Waals surface area contributed by atoms with Crippen LogP contribution >= 0.6 is 0 Å². The van der Waals surface area contributed by atoms with Crippen LogP contribution in [0.5, 0.6) is 0 Å². The molecule has 0 bridgehead atoms. The van der Waals surface area contributed by atoms with Gasteiger partial charge in [-0.1, -0.05) is 0 Å². The van der Waals surface area contributed by atoms with Crippen molar-refractivity contribution in [2.24, 2.45) is 0 Å². The van der Waals surface area contributed by atoms with Crippen molar-refractivity contribution in [3.05, 3.63) is 0 Å². The Labute approximate surface area is 66.2 Å². The number of rotatable bonds is 1. The monoisotopic (exact) mass is 157 g/mol. The van der Waals surface area contributed by atoms with Gasteiger partial charge in [0.05, 0.1) is 6.10 Å². The lowest BCUT2D eigenvalue weighted by Crippen LogP contribution is -2.42. The van der Waals surface area contributed by atoms with Crippen molar-refractivity contribution in [3.8, 4) is 0 Å². The normalized spacial score (nSPS) is 21.6. The van der Waals surface area contributed by atoms with Gasteiger partial charge >= 0.3 is 0 Å². The van der Waals surface area contributed by atoms with Crippen LogP contribution in [0.2, 0.25) is 0 Å². The second-order valence-electron chi connectivity index (χ2n) is 2.80. The Kier molecular flexibility index (Phi) is 2.84. The van der Waals surface area contributed by atoms with Crippen LogP contribution in [0.3, 0.4) is 0 Å². The summed E-state index contributed by atoms with van der Waals surface area (Å²) in [7, 11) is 0. The molecule has 1 heterocycles. The van der Waals surface area contributed by atoms with Crippen LogP contribution in [0.15, 0.2) is 0 Å². The van der Waals surface area contributed by atoms with E-state index >= 15 is 0 Å². The maximum Gasteiger partial charge on any atom is 0.254 e. The van der Waals surface area contributed by atoms with E-state index in [4.69, 9.17) is 5.11 Å². The predicted octanol–water partition coefficient (Wildman–Crippen LogP) is -0.491. The van der Waals surface area contributed by atoms with Gasteiger partial charge in [0.15, 0.2) is 0 Å². The van der Waals surface area contributed by atoms with E-state index in [1.807, 2.05) is 0 Å². The lowest BCUT2D eigenvalue weighted by molar-refractivity contribution is -0.125. The minimum atomic E-state index is -0.201. The van der Waals surface area contributed by atoms with Crippen molar-refractivity contribution in [3.63, 3.8) is 0 Å². The summed E-state index contributed by atoms with van der Waals surface area (Å²) in [6, 6.07) is 0. The first-order chi connectivity index (χ1) is 5.18. The highest BCUT2D eigenvalue weighted by Crippen LogP contribution is 2.07. The Balaban J connectivity index is 2.22. The average Bonchev–Trinajstić information content (AvgIpc) is 1.93. The summed E-state index contributed by atoms with van der Waals surface area (Å²) in [6.07, 6.45) is 1.24. The number of nitrogens with zero attached hydrogens (tertiary/aromatic N) is 2. The Morgan fingerprint density at radius 2 is 2.09 bits per heavy atom. The summed E-state index contributed by atoms with van der Waals surface area (Å²) in [6.45, 7) is 2.83. The largest absolute Gasteiger partial charge is 0.393 e. The summed E-state index contributed by atoms with van der Waals surface area (Å²) < 4.78 is 0. The molecule has 1 aliphatic heterocycles. The quantitative estimate of drug-likeness (QED) is 0.558. The van der Waals surface area contributed by atoms with Gasteiger partial charge in [0.2, 0.25) is 0 Å². The maximum absolute atomic E-state index is 10.5. The summed E-state index contributed by atoms with van der Waals surface area (Å²) in [5, 5.41) is 10.8. The van der Waals surface area contributed by atoms with Crippen molar-refractivity contribution in [2.45, 2.75) is 25.9 Å². The molecule has 11 heavy (non-hydrogen) atoms. The third-order valence-corrected chi connectivity index (χ3v) is 1.72. The van der Waals surface area contributed by atoms with Crippen LogP contribution in [0.4, 0.5) is 0 Å². The van der Waals surface area contributed by atoms with Crippen molar-refractivity contribution in [2.75, 3.05) is 13.1 Å². The third-order valence-electron chi connectivity index (χ3n) is 1.72. The molecule has 63 valence electrons. The summed E-state index contributed by atoms with van der Waals surface area (Å²) in [5.74, 6) is -0.165. The molecule has 1 radical (unpaired) electrons. The molecule has 1 rings (SSSR count). The number of carbonyl (C=O) groups is 1. The first-order valence-electron chi connectivity index (χ1n) is 3.83. The number of hydrogen-bond acceptors (Lipinski definition) is 3. The fourth-order valence-corrected chi connectivity index (χ4v) is 1.15. The minimum absolute atomic E-state index is 0.165. The van der Waals surface area contributed by atoms with Gasteiger partial charge < -0.3 is 5.11 Å². The third kappa shape index (κ3) is 2.86. The summed E-state index contributed by atoms with van der Waals surface area (Å²) in [5.41, 5.74) is 3.75. The number of amides is 1. The van der Waals surface area contributed by atoms with Gasteiger partial charge in [0.1, 0.15) is 0 Å². The fraction of sp³-hybridized carbons (Fsp3) is 0.857. The summed E-state index contributed by atoms with van der Waals surface area (Å²) in [4.78, 5) is 10.5. The van der Waals surface area contributed by atoms with Crippen molar-refractivity contribution < 1.29 is 9.90 Å². The van der Waals surface area contributed by atoms with Gasteiger partial charge in [-0.05, 0) is 12.8 Å². The van der Waals surface area contributed by atoms with Crippen molar-refractivity contribution in [1.82, 2.24) is 10.4 Å². The van der Waals surface area contributed by atoms with Gasteiger partial charge in [0, 0.05) is 20.0 Å². The van der Waals surface area contributed by atoms with Gasteiger partial charge in [0.25, 0.3) is 5.91 Å². The van der Waals surface area contributed by atoms with Gasteiger partial charge in [-0.2, -0.15) is 10.4 Å². The molecule has 0 unspecified atom stereocenters. The van der Waals surface area contributed by atoms with Gasteiger partial charge in [-0.3, -0.25) is 4.79 Å². The number of carbonyl (C=O) groups excluding carboxylic acids is 1. The molecule has 1 amide bonds. The lowest BCUT2D eigenvalue weighted by Gasteiger charge is -2.26. The molecule has 0 aromatic rings. The zero-order chi connectivity index (χ0) is 8.27. The van der Waals surface area contributed by atoms with Crippen LogP contribution in [0.1, 0.15) is 19.8 Å². The summed E-state index contributed by atoms with van der Waals surface area (Å²) >= 11 is 0. The Hall–Kier alpha value is -0.610. The lowest BCUT2D eigenvalue weighted by atomic mass is 10.1. The molecule has 0 aliphatic carbocycles. The molecular weight excluding hydrogens is 144 g/mol. The Morgan fingerprint density at radius 3 is 2.55 bits per heavy atom. The van der Waals surface area contributed by atoms with Gasteiger partial charge in [-0.15, -0.1) is 0 Å². The Bertz CT molecular complexity index is 141. The molecule has 1 N–H and O–H groups in total. The van der Waals surface area contributed by atoms with Crippen LogP contribution in [-0.4, -0.2) is 35.2 Å². The van der Waals surface area contributed by atoms with Gasteiger partial charge in [-0.25, -0.2) is 0 Å². The molecule has 1 saturated heterocycles. The second-order valence-corrected chi connectivity index (χ2v) is 2.80. The first kappa shape index (κ1) is 8.49. The molecule has 4 heteroatoms. The topological polar surface area (TPSA) is 54.6 Å². The minimum Gasteiger partial charge on any atom is -0.393 e. The molecule has 1 fully saturated rings. The van der Waals surface area contributed by atoms with E-state index in [9.17, 15) is 4.79 Å². The highest BCUT2D eigenvalue weighted by Gasteiger charge is 2.18. The Morgan fingerprint density at radius 1 is 1.55 bits per heavy atom. The van der Waals surface area contributed by atoms with Crippen LogP contribution in [0, 0.1) is 0 Å². The van der Waals surface area contributed by atoms with E-state index in [0.29, 0.717) is 13.1 Å². The highest BCUT2D eigenvalue weighted by molar-refractivity contribution is 5.71. The first-order valence-corrected chi connectivity index (χ1v) is 3.83. The number of piperidine rings is 1. The predicted molar refractivity (Wildman–Crippen MR) is 39.6 cm³/mol. The fourth-order valence-electron chi connectivity index (χ4n) is 1.15. The van der Waals surface area contributed by atoms with E-state index in [1.54, 1.807) is 5.01 Å². The molecule has 1 aliphatic rings. The molecule has 0 aromatic heterocycles. The van der Waals surface area contributed by atoms with Crippen LogP contribution in [0.25, 0.3) is 0 Å². The van der Waals surface area contributed by atoms with Crippen LogP contribution < -0.4 is 5.43 Å². The van der Waals surface area contributed by atoms with E-state index in [1.165, 1.54) is 6.92 Å². The zero-order valence-electron chi connectivity index (χ0n) is 6.66.